The fourth-order valence-electron chi connectivity index (χ4n) is 4.50. The maximum Gasteiger partial charge on any atom is 0.253 e. The number of pyridine rings is 1. The maximum absolute atomic E-state index is 13.0. The number of nitrogens with one attached hydrogen (secondary N) is 2. The first-order valence-corrected chi connectivity index (χ1v) is 12.3. The number of rotatable bonds is 7. The van der Waals surface area contributed by atoms with Crippen molar-refractivity contribution in [3.05, 3.63) is 81.1 Å². The molecule has 34 heavy (non-hydrogen) atoms. The number of aromatic nitrogens is 1. The average Bonchev–Trinajstić information content (AvgIpc) is 2.83. The minimum absolute atomic E-state index is 0.0604. The normalized spacial score (nSPS) is 15.3. The number of morpholine rings is 1. The molecule has 1 aliphatic heterocycles. The summed E-state index contributed by atoms with van der Waals surface area (Å²) < 4.78 is 5.49. The molecule has 180 valence electrons. The van der Waals surface area contributed by atoms with Crippen molar-refractivity contribution in [3.63, 3.8) is 0 Å². The molecule has 1 fully saturated rings. The fourth-order valence-corrected chi connectivity index (χ4v) is 4.83. The minimum Gasteiger partial charge on any atom is -0.379 e. The third-order valence-corrected chi connectivity index (χ3v) is 6.82. The van der Waals surface area contributed by atoms with Crippen molar-refractivity contribution in [1.29, 1.82) is 0 Å². The Morgan fingerprint density at radius 2 is 1.91 bits per heavy atom. The molecule has 4 rings (SSSR count). The predicted molar refractivity (Wildman–Crippen MR) is 142 cm³/mol. The molecule has 1 aliphatic rings. The van der Waals surface area contributed by atoms with Crippen LogP contribution in [0.3, 0.4) is 0 Å². The molecular weight excluding hydrogens is 444 g/mol. The second-order valence-corrected chi connectivity index (χ2v) is 9.51. The molecule has 1 saturated heterocycles. The topological polar surface area (TPSA) is 60.6 Å². The molecule has 1 atom stereocenters. The number of ether oxygens (including phenoxy) is 1. The van der Waals surface area contributed by atoms with Crippen molar-refractivity contribution >= 4 is 28.2 Å². The van der Waals surface area contributed by atoms with Crippen LogP contribution in [0.5, 0.6) is 0 Å². The highest BCUT2D eigenvalue weighted by Gasteiger charge is 2.18. The highest BCUT2D eigenvalue weighted by Crippen LogP contribution is 2.19. The quantitative estimate of drug-likeness (QED) is 0.502. The van der Waals surface area contributed by atoms with Crippen molar-refractivity contribution in [2.45, 2.75) is 33.4 Å². The van der Waals surface area contributed by atoms with Crippen molar-refractivity contribution in [1.82, 2.24) is 20.1 Å². The molecule has 0 radical (unpaired) electrons. The Bertz CT molecular complexity index is 1190. The summed E-state index contributed by atoms with van der Waals surface area (Å²) in [5.41, 5.74) is 4.99. The van der Waals surface area contributed by atoms with Crippen LogP contribution in [0.4, 0.5) is 0 Å². The van der Waals surface area contributed by atoms with E-state index in [1.165, 1.54) is 11.1 Å². The fraction of sp³-hybridized carbons (Fsp3) is 0.407. The Morgan fingerprint density at radius 3 is 2.65 bits per heavy atom. The summed E-state index contributed by atoms with van der Waals surface area (Å²) in [4.78, 5) is 20.6. The van der Waals surface area contributed by atoms with Gasteiger partial charge in [-0.2, -0.15) is 0 Å². The Balaban J connectivity index is 1.56. The van der Waals surface area contributed by atoms with Gasteiger partial charge in [0.15, 0.2) is 5.11 Å². The standard InChI is InChI=1S/C27H34N4O2S/c1-19-15-20(2)25-23(16-19)17-24(26(32)29-25)18-31(10-9-30-11-13-33-14-12-30)27(34)28-21(3)22-7-5-4-6-8-22/h4-8,15-17,21H,9-14,18H2,1-3H3,(H,28,34)(H,29,32)/t21-/m1/s1. The van der Waals surface area contributed by atoms with Gasteiger partial charge in [-0.25, -0.2) is 0 Å². The van der Waals surface area contributed by atoms with E-state index in [4.69, 9.17) is 17.0 Å². The lowest BCUT2D eigenvalue weighted by atomic mass is 10.1. The van der Waals surface area contributed by atoms with E-state index in [2.05, 4.69) is 58.2 Å². The summed E-state index contributed by atoms with van der Waals surface area (Å²) in [6.07, 6.45) is 0. The van der Waals surface area contributed by atoms with E-state index in [0.717, 1.165) is 61.4 Å². The number of hydrogen-bond donors (Lipinski definition) is 2. The molecule has 0 saturated carbocycles. The van der Waals surface area contributed by atoms with Crippen LogP contribution in [0, 0.1) is 13.8 Å². The zero-order chi connectivity index (χ0) is 24.1. The van der Waals surface area contributed by atoms with Gasteiger partial charge < -0.3 is 19.9 Å². The molecule has 2 heterocycles. The molecule has 6 nitrogen and oxygen atoms in total. The molecular formula is C27H34N4O2S. The Labute approximate surface area is 206 Å². The smallest absolute Gasteiger partial charge is 0.253 e. The molecule has 0 bridgehead atoms. The van der Waals surface area contributed by atoms with Crippen LogP contribution in [0.2, 0.25) is 0 Å². The molecule has 2 N–H and O–H groups in total. The van der Waals surface area contributed by atoms with E-state index in [1.54, 1.807) is 0 Å². The predicted octanol–water partition coefficient (Wildman–Crippen LogP) is 3.91. The van der Waals surface area contributed by atoms with E-state index in [9.17, 15) is 4.79 Å². The number of nitrogens with zero attached hydrogens (tertiary/aromatic N) is 2. The zero-order valence-corrected chi connectivity index (χ0v) is 21.1. The van der Waals surface area contributed by atoms with Gasteiger partial charge in [0.2, 0.25) is 0 Å². The second kappa shape index (κ2) is 11.1. The summed E-state index contributed by atoms with van der Waals surface area (Å²) >= 11 is 5.86. The monoisotopic (exact) mass is 478 g/mol. The van der Waals surface area contributed by atoms with Crippen molar-refractivity contribution in [2.24, 2.45) is 0 Å². The number of aromatic amines is 1. The van der Waals surface area contributed by atoms with Gasteiger partial charge in [-0.15, -0.1) is 0 Å². The van der Waals surface area contributed by atoms with Crippen LogP contribution >= 0.6 is 12.2 Å². The molecule has 0 unspecified atom stereocenters. The number of H-pyrrole nitrogens is 1. The largest absolute Gasteiger partial charge is 0.379 e. The number of aryl methyl sites for hydroxylation is 2. The number of hydrogen-bond acceptors (Lipinski definition) is 4. The van der Waals surface area contributed by atoms with Crippen molar-refractivity contribution < 1.29 is 4.74 Å². The van der Waals surface area contributed by atoms with Crippen LogP contribution in [0.25, 0.3) is 10.9 Å². The first-order chi connectivity index (χ1) is 16.4. The molecule has 0 spiro atoms. The number of fused-ring (bicyclic) bond motifs is 1. The van der Waals surface area contributed by atoms with E-state index in [1.807, 2.05) is 31.2 Å². The van der Waals surface area contributed by atoms with Crippen LogP contribution in [0.15, 0.2) is 53.3 Å². The molecule has 2 aromatic carbocycles. The molecule has 1 aromatic heterocycles. The first-order valence-electron chi connectivity index (χ1n) is 11.9. The van der Waals surface area contributed by atoms with Crippen molar-refractivity contribution in [3.8, 4) is 0 Å². The lowest BCUT2D eigenvalue weighted by Crippen LogP contribution is -2.46. The average molecular weight is 479 g/mol. The van der Waals surface area contributed by atoms with E-state index < -0.39 is 0 Å². The number of thiocarbonyl (C=S) groups is 1. The van der Waals surface area contributed by atoms with Gasteiger partial charge in [-0.1, -0.05) is 42.0 Å². The summed E-state index contributed by atoms with van der Waals surface area (Å²) in [6.45, 7) is 11.6. The molecule has 0 aliphatic carbocycles. The van der Waals surface area contributed by atoms with Crippen LogP contribution in [-0.2, 0) is 11.3 Å². The molecule has 0 amide bonds. The second-order valence-electron chi connectivity index (χ2n) is 9.13. The van der Waals surface area contributed by atoms with Gasteiger partial charge in [0.25, 0.3) is 5.56 Å². The summed E-state index contributed by atoms with van der Waals surface area (Å²) in [6, 6.07) is 16.6. The van der Waals surface area contributed by atoms with Gasteiger partial charge in [-0.3, -0.25) is 9.69 Å². The van der Waals surface area contributed by atoms with Crippen molar-refractivity contribution in [2.75, 3.05) is 39.4 Å². The highest BCUT2D eigenvalue weighted by atomic mass is 32.1. The third kappa shape index (κ3) is 6.03. The van der Waals surface area contributed by atoms with Gasteiger partial charge in [0.05, 0.1) is 31.3 Å². The lowest BCUT2D eigenvalue weighted by molar-refractivity contribution is 0.0357. The third-order valence-electron chi connectivity index (χ3n) is 6.45. The van der Waals surface area contributed by atoms with Gasteiger partial charge in [0, 0.05) is 31.7 Å². The van der Waals surface area contributed by atoms with Crippen LogP contribution in [0.1, 0.15) is 35.2 Å². The molecule has 7 heteroatoms. The Morgan fingerprint density at radius 1 is 1.18 bits per heavy atom. The van der Waals surface area contributed by atoms with E-state index >= 15 is 0 Å². The Kier molecular flexibility index (Phi) is 7.98. The SMILES string of the molecule is Cc1cc(C)c2[nH]c(=O)c(CN(CCN3CCOCC3)C(=S)N[C@H](C)c3ccccc3)cc2c1. The van der Waals surface area contributed by atoms with Gasteiger partial charge in [-0.05, 0) is 61.6 Å². The lowest BCUT2D eigenvalue weighted by Gasteiger charge is -2.32. The van der Waals surface area contributed by atoms with Crippen LogP contribution in [-0.4, -0.2) is 59.3 Å². The first kappa shape index (κ1) is 24.4. The van der Waals surface area contributed by atoms with Crippen LogP contribution < -0.4 is 10.9 Å². The summed E-state index contributed by atoms with van der Waals surface area (Å²) in [5.74, 6) is 0. The summed E-state index contributed by atoms with van der Waals surface area (Å²) in [5, 5.41) is 5.19. The summed E-state index contributed by atoms with van der Waals surface area (Å²) in [7, 11) is 0. The number of benzene rings is 2. The maximum atomic E-state index is 13.0. The molecule has 3 aromatic rings. The Hall–Kier alpha value is -2.74. The van der Waals surface area contributed by atoms with E-state index in [-0.39, 0.29) is 11.6 Å². The van der Waals surface area contributed by atoms with E-state index in [0.29, 0.717) is 11.7 Å². The highest BCUT2D eigenvalue weighted by molar-refractivity contribution is 7.80. The zero-order valence-electron chi connectivity index (χ0n) is 20.3. The van der Waals surface area contributed by atoms with Gasteiger partial charge in [0.1, 0.15) is 0 Å². The minimum atomic E-state index is -0.0604. The van der Waals surface area contributed by atoms with Gasteiger partial charge >= 0.3 is 0 Å².